The monoisotopic (exact) mass is 286 g/mol. The SMILES string of the molecule is CNC.COc1cnccc1-c1cccc2c1OCCC2. The number of hydrogen-bond acceptors (Lipinski definition) is 4. The smallest absolute Gasteiger partial charge is 0.145 e. The first-order chi connectivity index (χ1) is 10.3. The highest BCUT2D eigenvalue weighted by molar-refractivity contribution is 5.76. The van der Waals surface area contributed by atoms with E-state index in [9.17, 15) is 0 Å². The van der Waals surface area contributed by atoms with Crippen LogP contribution in [0.3, 0.4) is 0 Å². The number of ether oxygens (including phenoxy) is 2. The lowest BCUT2D eigenvalue weighted by Gasteiger charge is -2.21. The number of nitrogens with one attached hydrogen (secondary N) is 1. The van der Waals surface area contributed by atoms with Crippen molar-refractivity contribution in [3.8, 4) is 22.6 Å². The maximum Gasteiger partial charge on any atom is 0.145 e. The first kappa shape index (κ1) is 15.3. The van der Waals surface area contributed by atoms with Crippen LogP contribution in [-0.2, 0) is 6.42 Å². The molecule has 1 aliphatic rings. The molecule has 0 unspecified atom stereocenters. The Morgan fingerprint density at radius 3 is 2.76 bits per heavy atom. The van der Waals surface area contributed by atoms with Gasteiger partial charge in [0.2, 0.25) is 0 Å². The second-order valence-corrected chi connectivity index (χ2v) is 4.82. The minimum atomic E-state index is 0.778. The molecule has 0 saturated heterocycles. The first-order valence-electron chi connectivity index (χ1n) is 7.13. The van der Waals surface area contributed by atoms with Crippen LogP contribution in [-0.4, -0.2) is 32.8 Å². The van der Waals surface area contributed by atoms with Gasteiger partial charge in [-0.3, -0.25) is 4.98 Å². The number of para-hydroxylation sites is 1. The van der Waals surface area contributed by atoms with E-state index < -0.39 is 0 Å². The summed E-state index contributed by atoms with van der Waals surface area (Å²) in [6.07, 6.45) is 5.68. The van der Waals surface area contributed by atoms with Crippen molar-refractivity contribution in [2.24, 2.45) is 0 Å². The lowest BCUT2D eigenvalue weighted by molar-refractivity contribution is 0.289. The van der Waals surface area contributed by atoms with Crippen molar-refractivity contribution in [3.63, 3.8) is 0 Å². The molecule has 2 heterocycles. The van der Waals surface area contributed by atoms with Gasteiger partial charge in [-0.15, -0.1) is 0 Å². The highest BCUT2D eigenvalue weighted by Crippen LogP contribution is 2.39. The van der Waals surface area contributed by atoms with Crippen LogP contribution in [0.1, 0.15) is 12.0 Å². The molecule has 0 aliphatic carbocycles. The topological polar surface area (TPSA) is 43.4 Å². The van der Waals surface area contributed by atoms with Crippen molar-refractivity contribution in [2.45, 2.75) is 12.8 Å². The van der Waals surface area contributed by atoms with E-state index >= 15 is 0 Å². The molecule has 1 aliphatic heterocycles. The highest BCUT2D eigenvalue weighted by atomic mass is 16.5. The predicted molar refractivity (Wildman–Crippen MR) is 85.0 cm³/mol. The summed E-state index contributed by atoms with van der Waals surface area (Å²) in [5.74, 6) is 1.77. The third-order valence-electron chi connectivity index (χ3n) is 3.23. The molecule has 3 rings (SSSR count). The highest BCUT2D eigenvalue weighted by Gasteiger charge is 2.17. The van der Waals surface area contributed by atoms with Gasteiger partial charge in [0.05, 0.1) is 19.9 Å². The molecule has 4 heteroatoms. The van der Waals surface area contributed by atoms with Crippen LogP contribution in [0, 0.1) is 0 Å². The van der Waals surface area contributed by atoms with Gasteiger partial charge < -0.3 is 14.8 Å². The third-order valence-corrected chi connectivity index (χ3v) is 3.23. The van der Waals surface area contributed by atoms with Crippen molar-refractivity contribution >= 4 is 0 Å². The van der Waals surface area contributed by atoms with Gasteiger partial charge in [-0.1, -0.05) is 18.2 Å². The molecule has 0 saturated carbocycles. The molecular formula is C17H22N2O2. The normalized spacial score (nSPS) is 12.5. The van der Waals surface area contributed by atoms with Gasteiger partial charge in [-0.25, -0.2) is 0 Å². The number of methoxy groups -OCH3 is 1. The molecule has 0 spiro atoms. The average Bonchev–Trinajstić information content (AvgIpc) is 2.55. The molecule has 0 amide bonds. The van der Waals surface area contributed by atoms with Gasteiger partial charge in [-0.2, -0.15) is 0 Å². The standard InChI is InChI=1S/C15H15NO2.C2H7N/c1-17-14-10-16-8-7-12(14)13-6-2-4-11-5-3-9-18-15(11)13;1-3-2/h2,4,6-8,10H,3,5,9H2,1H3;3H,1-2H3. The molecule has 0 atom stereocenters. The quantitative estimate of drug-likeness (QED) is 0.922. The van der Waals surface area contributed by atoms with Gasteiger partial charge in [-0.05, 0) is 38.6 Å². The lowest BCUT2D eigenvalue weighted by Crippen LogP contribution is -2.09. The van der Waals surface area contributed by atoms with E-state index in [-0.39, 0.29) is 0 Å². The molecule has 0 fully saturated rings. The number of aromatic nitrogens is 1. The third kappa shape index (κ3) is 3.52. The Labute approximate surface area is 126 Å². The van der Waals surface area contributed by atoms with E-state index in [1.54, 1.807) is 19.5 Å². The molecule has 1 aromatic carbocycles. The van der Waals surface area contributed by atoms with Gasteiger partial charge in [0.15, 0.2) is 0 Å². The molecule has 4 nitrogen and oxygen atoms in total. The van der Waals surface area contributed by atoms with E-state index in [0.717, 1.165) is 42.1 Å². The van der Waals surface area contributed by atoms with Gasteiger partial charge >= 0.3 is 0 Å². The van der Waals surface area contributed by atoms with E-state index in [4.69, 9.17) is 9.47 Å². The fraction of sp³-hybridized carbons (Fsp3) is 0.353. The zero-order chi connectivity index (χ0) is 15.1. The molecule has 1 aromatic heterocycles. The molecule has 112 valence electrons. The second-order valence-electron chi connectivity index (χ2n) is 4.82. The predicted octanol–water partition coefficient (Wildman–Crippen LogP) is 2.92. The van der Waals surface area contributed by atoms with Crippen LogP contribution in [0.2, 0.25) is 0 Å². The maximum absolute atomic E-state index is 5.83. The molecule has 1 N–H and O–H groups in total. The molecule has 0 bridgehead atoms. The second kappa shape index (κ2) is 7.64. The van der Waals surface area contributed by atoms with Gasteiger partial charge in [0.25, 0.3) is 0 Å². The summed E-state index contributed by atoms with van der Waals surface area (Å²) in [5, 5.41) is 2.75. The van der Waals surface area contributed by atoms with Crippen molar-refractivity contribution in [1.29, 1.82) is 0 Å². The van der Waals surface area contributed by atoms with Gasteiger partial charge in [0.1, 0.15) is 11.5 Å². The zero-order valence-electron chi connectivity index (χ0n) is 12.8. The Morgan fingerprint density at radius 1 is 1.19 bits per heavy atom. The summed E-state index contributed by atoms with van der Waals surface area (Å²) in [6.45, 7) is 0.789. The number of nitrogens with zero attached hydrogens (tertiary/aromatic N) is 1. The Morgan fingerprint density at radius 2 is 2.00 bits per heavy atom. The maximum atomic E-state index is 5.83. The van der Waals surface area contributed by atoms with E-state index in [1.165, 1.54) is 5.56 Å². The largest absolute Gasteiger partial charge is 0.494 e. The van der Waals surface area contributed by atoms with Crippen molar-refractivity contribution in [1.82, 2.24) is 10.3 Å². The zero-order valence-corrected chi connectivity index (χ0v) is 12.8. The van der Waals surface area contributed by atoms with E-state index in [2.05, 4.69) is 28.5 Å². The molecular weight excluding hydrogens is 264 g/mol. The van der Waals surface area contributed by atoms with Crippen molar-refractivity contribution in [2.75, 3.05) is 27.8 Å². The number of fused-ring (bicyclic) bond motifs is 1. The summed E-state index contributed by atoms with van der Waals surface area (Å²) in [7, 11) is 5.41. The number of hydrogen-bond donors (Lipinski definition) is 1. The fourth-order valence-corrected chi connectivity index (χ4v) is 2.37. The van der Waals surface area contributed by atoms with Crippen LogP contribution in [0.4, 0.5) is 0 Å². The number of aryl methyl sites for hydroxylation is 1. The molecule has 2 aromatic rings. The Kier molecular flexibility index (Phi) is 5.58. The minimum absolute atomic E-state index is 0.778. The molecule has 21 heavy (non-hydrogen) atoms. The summed E-state index contributed by atoms with van der Waals surface area (Å²) in [5.41, 5.74) is 3.40. The van der Waals surface area contributed by atoms with Crippen LogP contribution in [0.25, 0.3) is 11.1 Å². The minimum Gasteiger partial charge on any atom is -0.494 e. The Balaban J connectivity index is 0.000000497. The van der Waals surface area contributed by atoms with Crippen LogP contribution in [0.15, 0.2) is 36.7 Å². The number of pyridine rings is 1. The van der Waals surface area contributed by atoms with Gasteiger partial charge in [0, 0.05) is 17.3 Å². The Hall–Kier alpha value is -2.07. The van der Waals surface area contributed by atoms with Crippen molar-refractivity contribution in [3.05, 3.63) is 42.2 Å². The van der Waals surface area contributed by atoms with E-state index in [0.29, 0.717) is 0 Å². The van der Waals surface area contributed by atoms with E-state index in [1.807, 2.05) is 20.2 Å². The average molecular weight is 286 g/mol. The van der Waals surface area contributed by atoms with Crippen molar-refractivity contribution < 1.29 is 9.47 Å². The fourth-order valence-electron chi connectivity index (χ4n) is 2.37. The number of benzene rings is 1. The molecule has 0 radical (unpaired) electrons. The van der Waals surface area contributed by atoms with Crippen LogP contribution < -0.4 is 14.8 Å². The Bertz CT molecular complexity index is 585. The first-order valence-corrected chi connectivity index (χ1v) is 7.13. The summed E-state index contributed by atoms with van der Waals surface area (Å²) in [4.78, 5) is 4.09. The van der Waals surface area contributed by atoms with Crippen LogP contribution >= 0.6 is 0 Å². The van der Waals surface area contributed by atoms with Crippen LogP contribution in [0.5, 0.6) is 11.5 Å². The summed E-state index contributed by atoms with van der Waals surface area (Å²) in [6, 6.07) is 8.24. The summed E-state index contributed by atoms with van der Waals surface area (Å²) < 4.78 is 11.2. The summed E-state index contributed by atoms with van der Waals surface area (Å²) >= 11 is 0. The number of rotatable bonds is 2. The lowest BCUT2D eigenvalue weighted by atomic mass is 9.98.